The Morgan fingerprint density at radius 1 is 1.20 bits per heavy atom. The molecule has 2 aromatic rings. The van der Waals surface area contributed by atoms with Crippen LogP contribution in [0.25, 0.3) is 11.4 Å². The zero-order chi connectivity index (χ0) is 13.9. The fourth-order valence-corrected chi connectivity index (χ4v) is 2.99. The number of aryl methyl sites for hydroxylation is 1. The van der Waals surface area contributed by atoms with Crippen molar-refractivity contribution in [3.8, 4) is 11.4 Å². The summed E-state index contributed by atoms with van der Waals surface area (Å²) in [6, 6.07) is 6.47. The molecule has 0 spiro atoms. The quantitative estimate of drug-likeness (QED) is 0.860. The molecule has 0 atom stereocenters. The lowest BCUT2D eigenvalue weighted by molar-refractivity contribution is 0.255. The van der Waals surface area contributed by atoms with Gasteiger partial charge in [0.05, 0.1) is 11.4 Å². The smallest absolute Gasteiger partial charge is 0.0885 e. The lowest BCUT2D eigenvalue weighted by Crippen LogP contribution is -2.29. The number of aromatic nitrogens is 3. The van der Waals surface area contributed by atoms with Crippen molar-refractivity contribution in [2.75, 3.05) is 20.1 Å². The van der Waals surface area contributed by atoms with E-state index >= 15 is 0 Å². The van der Waals surface area contributed by atoms with Crippen molar-refractivity contribution in [2.45, 2.75) is 32.2 Å². The molecule has 0 bridgehead atoms. The molecule has 4 heteroatoms. The first kappa shape index (κ1) is 13.3. The summed E-state index contributed by atoms with van der Waals surface area (Å²) in [5.74, 6) is 0.672. The fourth-order valence-electron chi connectivity index (χ4n) is 2.99. The number of rotatable bonds is 3. The Hall–Kier alpha value is -1.68. The Kier molecular flexibility index (Phi) is 3.83. The highest BCUT2D eigenvalue weighted by Crippen LogP contribution is 2.29. The van der Waals surface area contributed by atoms with Gasteiger partial charge in [-0.2, -0.15) is 5.10 Å². The van der Waals surface area contributed by atoms with E-state index in [0.29, 0.717) is 5.92 Å². The number of hydrogen-bond donors (Lipinski definition) is 0. The van der Waals surface area contributed by atoms with Crippen LogP contribution in [0.15, 0.2) is 30.6 Å². The van der Waals surface area contributed by atoms with Gasteiger partial charge in [-0.1, -0.05) is 0 Å². The number of nitrogens with zero attached hydrogens (tertiary/aromatic N) is 4. The summed E-state index contributed by atoms with van der Waals surface area (Å²) >= 11 is 0. The predicted molar refractivity (Wildman–Crippen MR) is 80.6 cm³/mol. The summed E-state index contributed by atoms with van der Waals surface area (Å²) in [5.41, 5.74) is 3.58. The zero-order valence-electron chi connectivity index (χ0n) is 12.3. The number of piperidine rings is 1. The van der Waals surface area contributed by atoms with Crippen molar-refractivity contribution >= 4 is 0 Å². The SMILES string of the molecule is CCn1nccc1-c1cc(C2CCN(C)CC2)ccn1. The maximum absolute atomic E-state index is 4.53. The van der Waals surface area contributed by atoms with Gasteiger partial charge >= 0.3 is 0 Å². The Labute approximate surface area is 120 Å². The maximum Gasteiger partial charge on any atom is 0.0885 e. The van der Waals surface area contributed by atoms with E-state index in [2.05, 4.69) is 41.1 Å². The van der Waals surface area contributed by atoms with Gasteiger partial charge in [-0.15, -0.1) is 0 Å². The van der Waals surface area contributed by atoms with Gasteiger partial charge in [-0.05, 0) is 69.6 Å². The number of likely N-dealkylation sites (tertiary alicyclic amines) is 1. The molecule has 0 aliphatic carbocycles. The molecule has 0 unspecified atom stereocenters. The molecule has 1 saturated heterocycles. The van der Waals surface area contributed by atoms with Crippen LogP contribution in [-0.4, -0.2) is 39.8 Å². The molecular formula is C16H22N4. The van der Waals surface area contributed by atoms with E-state index in [4.69, 9.17) is 0 Å². The van der Waals surface area contributed by atoms with Crippen molar-refractivity contribution in [1.82, 2.24) is 19.7 Å². The number of hydrogen-bond acceptors (Lipinski definition) is 3. The van der Waals surface area contributed by atoms with E-state index in [1.54, 1.807) is 0 Å². The van der Waals surface area contributed by atoms with Gasteiger partial charge < -0.3 is 4.90 Å². The van der Waals surface area contributed by atoms with E-state index in [1.807, 2.05) is 23.1 Å². The molecule has 3 rings (SSSR count). The lowest BCUT2D eigenvalue weighted by Gasteiger charge is -2.29. The van der Waals surface area contributed by atoms with Crippen molar-refractivity contribution < 1.29 is 0 Å². The minimum atomic E-state index is 0.672. The normalized spacial score (nSPS) is 17.5. The Morgan fingerprint density at radius 3 is 2.75 bits per heavy atom. The van der Waals surface area contributed by atoms with Crippen LogP contribution < -0.4 is 0 Å². The second-order valence-corrected chi connectivity index (χ2v) is 5.58. The van der Waals surface area contributed by atoms with E-state index < -0.39 is 0 Å². The Bertz CT molecular complexity index is 567. The first-order chi connectivity index (χ1) is 9.78. The van der Waals surface area contributed by atoms with Crippen molar-refractivity contribution in [3.63, 3.8) is 0 Å². The standard InChI is InChI=1S/C16H22N4/c1-3-20-16(5-9-18-20)15-12-14(4-8-17-15)13-6-10-19(2)11-7-13/h4-5,8-9,12-13H,3,6-7,10-11H2,1-2H3. The first-order valence-corrected chi connectivity index (χ1v) is 7.44. The highest BCUT2D eigenvalue weighted by molar-refractivity contribution is 5.55. The Balaban J connectivity index is 1.86. The predicted octanol–water partition coefficient (Wildman–Crippen LogP) is 2.77. The van der Waals surface area contributed by atoms with Gasteiger partial charge in [0.15, 0.2) is 0 Å². The highest BCUT2D eigenvalue weighted by Gasteiger charge is 2.19. The minimum absolute atomic E-state index is 0.672. The van der Waals surface area contributed by atoms with Crippen LogP contribution in [-0.2, 0) is 6.54 Å². The molecule has 3 heterocycles. The monoisotopic (exact) mass is 270 g/mol. The van der Waals surface area contributed by atoms with E-state index in [-0.39, 0.29) is 0 Å². The van der Waals surface area contributed by atoms with Crippen LogP contribution in [0.3, 0.4) is 0 Å². The zero-order valence-corrected chi connectivity index (χ0v) is 12.3. The largest absolute Gasteiger partial charge is 0.306 e. The summed E-state index contributed by atoms with van der Waals surface area (Å²) in [6.45, 7) is 5.37. The van der Waals surface area contributed by atoms with Crippen molar-refractivity contribution in [2.24, 2.45) is 0 Å². The van der Waals surface area contributed by atoms with E-state index in [9.17, 15) is 0 Å². The van der Waals surface area contributed by atoms with Gasteiger partial charge in [0.2, 0.25) is 0 Å². The fraction of sp³-hybridized carbons (Fsp3) is 0.500. The van der Waals surface area contributed by atoms with Gasteiger partial charge in [0.1, 0.15) is 0 Å². The molecule has 1 fully saturated rings. The summed E-state index contributed by atoms with van der Waals surface area (Å²) in [7, 11) is 2.20. The van der Waals surface area contributed by atoms with Crippen LogP contribution >= 0.6 is 0 Å². The van der Waals surface area contributed by atoms with Gasteiger partial charge in [0, 0.05) is 18.9 Å². The average molecular weight is 270 g/mol. The van der Waals surface area contributed by atoms with Gasteiger partial charge in [0.25, 0.3) is 0 Å². The molecule has 106 valence electrons. The van der Waals surface area contributed by atoms with E-state index in [1.165, 1.54) is 31.5 Å². The van der Waals surface area contributed by atoms with Crippen LogP contribution in [0.1, 0.15) is 31.2 Å². The van der Waals surface area contributed by atoms with Crippen molar-refractivity contribution in [3.05, 3.63) is 36.2 Å². The third-order valence-corrected chi connectivity index (χ3v) is 4.25. The minimum Gasteiger partial charge on any atom is -0.306 e. The molecule has 1 aliphatic heterocycles. The molecule has 0 saturated carbocycles. The van der Waals surface area contributed by atoms with Crippen LogP contribution in [0.4, 0.5) is 0 Å². The maximum atomic E-state index is 4.53. The summed E-state index contributed by atoms with van der Waals surface area (Å²) in [6.07, 6.45) is 6.28. The number of pyridine rings is 1. The molecule has 0 N–H and O–H groups in total. The van der Waals surface area contributed by atoms with Crippen LogP contribution in [0, 0.1) is 0 Å². The molecule has 0 aromatic carbocycles. The molecule has 4 nitrogen and oxygen atoms in total. The van der Waals surface area contributed by atoms with Crippen LogP contribution in [0.5, 0.6) is 0 Å². The third-order valence-electron chi connectivity index (χ3n) is 4.25. The topological polar surface area (TPSA) is 34.0 Å². The summed E-state index contributed by atoms with van der Waals surface area (Å²) in [4.78, 5) is 6.94. The summed E-state index contributed by atoms with van der Waals surface area (Å²) < 4.78 is 2.00. The average Bonchev–Trinajstić information content (AvgIpc) is 2.96. The molecular weight excluding hydrogens is 248 g/mol. The second kappa shape index (κ2) is 5.75. The first-order valence-electron chi connectivity index (χ1n) is 7.44. The Morgan fingerprint density at radius 2 is 2.00 bits per heavy atom. The molecule has 2 aromatic heterocycles. The van der Waals surface area contributed by atoms with Crippen molar-refractivity contribution in [1.29, 1.82) is 0 Å². The highest BCUT2D eigenvalue weighted by atomic mass is 15.3. The lowest BCUT2D eigenvalue weighted by atomic mass is 9.89. The van der Waals surface area contributed by atoms with Gasteiger partial charge in [-0.3, -0.25) is 9.67 Å². The molecule has 20 heavy (non-hydrogen) atoms. The van der Waals surface area contributed by atoms with Gasteiger partial charge in [-0.25, -0.2) is 0 Å². The molecule has 0 radical (unpaired) electrons. The molecule has 1 aliphatic rings. The third kappa shape index (κ3) is 2.61. The molecule has 0 amide bonds. The summed E-state index contributed by atoms with van der Waals surface area (Å²) in [5, 5.41) is 4.33. The second-order valence-electron chi connectivity index (χ2n) is 5.58. The van der Waals surface area contributed by atoms with E-state index in [0.717, 1.165) is 17.9 Å². The van der Waals surface area contributed by atoms with Crippen LogP contribution in [0.2, 0.25) is 0 Å².